The molecule has 2 N–H and O–H groups in total. The van der Waals surface area contributed by atoms with E-state index in [-0.39, 0.29) is 17.9 Å². The Labute approximate surface area is 183 Å². The number of hydrogen-bond donors (Lipinski definition) is 2. The zero-order valence-corrected chi connectivity index (χ0v) is 18.3. The Morgan fingerprint density at radius 3 is 2.26 bits per heavy atom. The van der Waals surface area contributed by atoms with Crippen molar-refractivity contribution in [3.63, 3.8) is 0 Å². The van der Waals surface area contributed by atoms with Gasteiger partial charge in [0.15, 0.2) is 6.10 Å². The molecule has 5 nitrogen and oxygen atoms in total. The SMILES string of the molecule is Cc1cccc(O[C@@H](C)C(=O)Nc2ccccc2C(=O)N[C@H](C)c2ccccc2)c1C. The molecule has 0 fully saturated rings. The van der Waals surface area contributed by atoms with Gasteiger partial charge in [0.1, 0.15) is 5.75 Å². The van der Waals surface area contributed by atoms with Gasteiger partial charge in [0.05, 0.1) is 17.3 Å². The van der Waals surface area contributed by atoms with Gasteiger partial charge in [-0.25, -0.2) is 0 Å². The van der Waals surface area contributed by atoms with Crippen LogP contribution < -0.4 is 15.4 Å². The number of para-hydroxylation sites is 1. The van der Waals surface area contributed by atoms with Crippen LogP contribution in [0.1, 0.15) is 46.9 Å². The minimum absolute atomic E-state index is 0.163. The Morgan fingerprint density at radius 2 is 1.52 bits per heavy atom. The summed E-state index contributed by atoms with van der Waals surface area (Å²) in [5, 5.41) is 5.82. The summed E-state index contributed by atoms with van der Waals surface area (Å²) in [4.78, 5) is 25.6. The van der Waals surface area contributed by atoms with Gasteiger partial charge in [-0.1, -0.05) is 54.6 Å². The van der Waals surface area contributed by atoms with Crippen LogP contribution in [0, 0.1) is 13.8 Å². The molecule has 160 valence electrons. The molecule has 0 aromatic heterocycles. The molecule has 31 heavy (non-hydrogen) atoms. The second-order valence-electron chi connectivity index (χ2n) is 7.60. The standard InChI is InChI=1S/C26H28N2O3/c1-17-11-10-16-24(18(17)2)31-20(4)25(29)28-23-15-9-8-14-22(23)26(30)27-19(3)21-12-6-5-7-13-21/h5-16,19-20H,1-4H3,(H,27,30)(H,28,29)/t19-,20+/m1/s1. The molecule has 5 heteroatoms. The lowest BCUT2D eigenvalue weighted by Gasteiger charge is -2.19. The van der Waals surface area contributed by atoms with Gasteiger partial charge in [0, 0.05) is 0 Å². The van der Waals surface area contributed by atoms with E-state index in [9.17, 15) is 9.59 Å². The number of aryl methyl sites for hydroxylation is 1. The first kappa shape index (κ1) is 22.1. The number of amides is 2. The summed E-state index contributed by atoms with van der Waals surface area (Å²) < 4.78 is 5.87. The third kappa shape index (κ3) is 5.51. The monoisotopic (exact) mass is 416 g/mol. The molecule has 0 unspecified atom stereocenters. The zero-order chi connectivity index (χ0) is 22.4. The maximum atomic E-state index is 12.9. The minimum Gasteiger partial charge on any atom is -0.481 e. The van der Waals surface area contributed by atoms with Gasteiger partial charge in [-0.3, -0.25) is 9.59 Å². The number of anilines is 1. The Morgan fingerprint density at radius 1 is 0.839 bits per heavy atom. The molecule has 0 aliphatic rings. The van der Waals surface area contributed by atoms with Gasteiger partial charge in [-0.15, -0.1) is 0 Å². The minimum atomic E-state index is -0.722. The molecule has 0 aliphatic carbocycles. The first-order chi connectivity index (χ1) is 14.9. The predicted molar refractivity (Wildman–Crippen MR) is 123 cm³/mol. The summed E-state index contributed by atoms with van der Waals surface area (Å²) in [5.74, 6) is 0.0954. The summed E-state index contributed by atoms with van der Waals surface area (Å²) >= 11 is 0. The highest BCUT2D eigenvalue weighted by Crippen LogP contribution is 2.23. The van der Waals surface area contributed by atoms with E-state index in [1.54, 1.807) is 31.2 Å². The molecule has 0 aliphatic heterocycles. The number of hydrogen-bond acceptors (Lipinski definition) is 3. The van der Waals surface area contributed by atoms with Crippen molar-refractivity contribution in [3.05, 3.63) is 95.1 Å². The first-order valence-corrected chi connectivity index (χ1v) is 10.4. The fourth-order valence-corrected chi connectivity index (χ4v) is 3.22. The van der Waals surface area contributed by atoms with E-state index in [0.29, 0.717) is 17.0 Å². The quantitative estimate of drug-likeness (QED) is 0.556. The number of ether oxygens (including phenoxy) is 1. The van der Waals surface area contributed by atoms with Gasteiger partial charge in [-0.05, 0) is 62.6 Å². The van der Waals surface area contributed by atoms with Crippen LogP contribution in [0.3, 0.4) is 0 Å². The molecule has 0 saturated carbocycles. The molecule has 0 heterocycles. The van der Waals surface area contributed by atoms with E-state index >= 15 is 0 Å². The average molecular weight is 417 g/mol. The molecular formula is C26H28N2O3. The summed E-state index contributed by atoms with van der Waals surface area (Å²) in [6.45, 7) is 7.58. The third-order valence-electron chi connectivity index (χ3n) is 5.30. The van der Waals surface area contributed by atoms with Crippen molar-refractivity contribution >= 4 is 17.5 Å². The fraction of sp³-hybridized carbons (Fsp3) is 0.231. The molecule has 3 aromatic carbocycles. The van der Waals surface area contributed by atoms with Crippen molar-refractivity contribution in [1.82, 2.24) is 5.32 Å². The molecule has 3 aromatic rings. The zero-order valence-electron chi connectivity index (χ0n) is 18.3. The summed E-state index contributed by atoms with van der Waals surface area (Å²) in [6, 6.07) is 22.3. The van der Waals surface area contributed by atoms with E-state index in [1.165, 1.54) is 0 Å². The van der Waals surface area contributed by atoms with Crippen LogP contribution >= 0.6 is 0 Å². The van der Waals surface area contributed by atoms with Crippen molar-refractivity contribution in [2.75, 3.05) is 5.32 Å². The van der Waals surface area contributed by atoms with Crippen LogP contribution in [-0.4, -0.2) is 17.9 Å². The van der Waals surface area contributed by atoms with Crippen LogP contribution in [0.25, 0.3) is 0 Å². The smallest absolute Gasteiger partial charge is 0.265 e. The Bertz CT molecular complexity index is 1060. The molecule has 0 bridgehead atoms. The van der Waals surface area contributed by atoms with Gasteiger partial charge >= 0.3 is 0 Å². The second kappa shape index (κ2) is 9.94. The number of carbonyl (C=O) groups excluding carboxylic acids is 2. The van der Waals surface area contributed by atoms with Crippen molar-refractivity contribution in [3.8, 4) is 5.75 Å². The highest BCUT2D eigenvalue weighted by atomic mass is 16.5. The Balaban J connectivity index is 1.70. The lowest BCUT2D eigenvalue weighted by molar-refractivity contribution is -0.122. The number of benzene rings is 3. The highest BCUT2D eigenvalue weighted by molar-refractivity contribution is 6.04. The molecule has 3 rings (SSSR count). The molecule has 0 radical (unpaired) electrons. The number of carbonyl (C=O) groups is 2. The van der Waals surface area contributed by atoms with Gasteiger partial charge in [-0.2, -0.15) is 0 Å². The average Bonchev–Trinajstić information content (AvgIpc) is 2.77. The van der Waals surface area contributed by atoms with Gasteiger partial charge in [0.2, 0.25) is 0 Å². The summed E-state index contributed by atoms with van der Waals surface area (Å²) in [6.07, 6.45) is -0.722. The summed E-state index contributed by atoms with van der Waals surface area (Å²) in [7, 11) is 0. The van der Waals surface area contributed by atoms with Crippen molar-refractivity contribution in [2.24, 2.45) is 0 Å². The van der Waals surface area contributed by atoms with Crippen LogP contribution in [0.5, 0.6) is 5.75 Å². The van der Waals surface area contributed by atoms with Crippen molar-refractivity contribution in [2.45, 2.75) is 39.8 Å². The topological polar surface area (TPSA) is 67.4 Å². The fourth-order valence-electron chi connectivity index (χ4n) is 3.22. The maximum absolute atomic E-state index is 12.9. The largest absolute Gasteiger partial charge is 0.481 e. The Hall–Kier alpha value is -3.60. The van der Waals surface area contributed by atoms with Crippen LogP contribution in [0.15, 0.2) is 72.8 Å². The molecule has 0 spiro atoms. The third-order valence-corrected chi connectivity index (χ3v) is 5.30. The van der Waals surface area contributed by atoms with Gasteiger partial charge in [0.25, 0.3) is 11.8 Å². The van der Waals surface area contributed by atoms with Crippen LogP contribution in [-0.2, 0) is 4.79 Å². The highest BCUT2D eigenvalue weighted by Gasteiger charge is 2.20. The van der Waals surface area contributed by atoms with Gasteiger partial charge < -0.3 is 15.4 Å². The van der Waals surface area contributed by atoms with Crippen LogP contribution in [0.2, 0.25) is 0 Å². The molecular weight excluding hydrogens is 388 g/mol. The van der Waals surface area contributed by atoms with E-state index < -0.39 is 6.10 Å². The van der Waals surface area contributed by atoms with Crippen LogP contribution in [0.4, 0.5) is 5.69 Å². The molecule has 2 atom stereocenters. The second-order valence-corrected chi connectivity index (χ2v) is 7.60. The van der Waals surface area contributed by atoms with E-state index in [1.807, 2.05) is 69.3 Å². The molecule has 2 amide bonds. The van der Waals surface area contributed by atoms with Crippen molar-refractivity contribution in [1.29, 1.82) is 0 Å². The lowest BCUT2D eigenvalue weighted by atomic mass is 10.1. The first-order valence-electron chi connectivity index (χ1n) is 10.4. The number of rotatable bonds is 7. The van der Waals surface area contributed by atoms with E-state index in [4.69, 9.17) is 4.74 Å². The lowest BCUT2D eigenvalue weighted by Crippen LogP contribution is -2.32. The summed E-state index contributed by atoms with van der Waals surface area (Å²) in [5.41, 5.74) is 3.95. The van der Waals surface area contributed by atoms with E-state index in [2.05, 4.69) is 10.6 Å². The Kier molecular flexibility index (Phi) is 7.08. The van der Waals surface area contributed by atoms with Crippen molar-refractivity contribution < 1.29 is 14.3 Å². The maximum Gasteiger partial charge on any atom is 0.265 e. The number of nitrogens with one attached hydrogen (secondary N) is 2. The predicted octanol–water partition coefficient (Wildman–Crippen LogP) is 5.20. The normalized spacial score (nSPS) is 12.5. The van der Waals surface area contributed by atoms with E-state index in [0.717, 1.165) is 16.7 Å². The molecule has 0 saturated heterocycles.